The molecule has 0 saturated heterocycles. The molecule has 0 aliphatic heterocycles. The lowest BCUT2D eigenvalue weighted by molar-refractivity contribution is -0.138. The molecule has 2 unspecified atom stereocenters. The van der Waals surface area contributed by atoms with Crippen molar-refractivity contribution < 1.29 is 9.90 Å². The van der Waals surface area contributed by atoms with E-state index in [1.807, 2.05) is 0 Å². The van der Waals surface area contributed by atoms with Crippen LogP contribution in [0.2, 0.25) is 0 Å². The van der Waals surface area contributed by atoms with E-state index in [4.69, 9.17) is 5.11 Å². The molecule has 0 aromatic carbocycles. The highest BCUT2D eigenvalue weighted by molar-refractivity contribution is 5.67. The van der Waals surface area contributed by atoms with Crippen LogP contribution < -0.4 is 0 Å². The Morgan fingerprint density at radius 2 is 1.92 bits per heavy atom. The first-order valence-electron chi connectivity index (χ1n) is 10.8. The van der Waals surface area contributed by atoms with Gasteiger partial charge in [-0.3, -0.25) is 4.79 Å². The van der Waals surface area contributed by atoms with Crippen LogP contribution in [0, 0.1) is 46.3 Å². The third-order valence-electron chi connectivity index (χ3n) is 9.40. The Bertz CT molecular complexity index is 566. The number of fused-ring (bicyclic) bond motifs is 5. The van der Waals surface area contributed by atoms with E-state index in [-0.39, 0.29) is 5.92 Å². The summed E-state index contributed by atoms with van der Waals surface area (Å²) in [5, 5.41) is 9.16. The minimum absolute atomic E-state index is 0.261. The van der Waals surface area contributed by atoms with Crippen molar-refractivity contribution in [1.29, 1.82) is 0 Å². The lowest BCUT2D eigenvalue weighted by Gasteiger charge is -2.59. The second kappa shape index (κ2) is 6.13. The van der Waals surface area contributed by atoms with E-state index >= 15 is 0 Å². The number of aliphatic carboxylic acids is 1. The Morgan fingerprint density at radius 3 is 2.64 bits per heavy atom. The lowest BCUT2D eigenvalue weighted by Crippen LogP contribution is -2.52. The summed E-state index contributed by atoms with van der Waals surface area (Å²) >= 11 is 0. The van der Waals surface area contributed by atoms with Gasteiger partial charge < -0.3 is 5.11 Å². The van der Waals surface area contributed by atoms with Gasteiger partial charge in [-0.25, -0.2) is 0 Å². The number of rotatable bonds is 3. The fourth-order valence-corrected chi connectivity index (χ4v) is 8.04. The predicted molar refractivity (Wildman–Crippen MR) is 101 cm³/mol. The number of carboxylic acids is 1. The normalized spacial score (nSPS) is 51.5. The van der Waals surface area contributed by atoms with Crippen LogP contribution >= 0.6 is 0 Å². The largest absolute Gasteiger partial charge is 0.481 e. The fraction of sp³-hybridized carbons (Fsp3) is 0.870. The Balaban J connectivity index is 1.58. The maximum Gasteiger partial charge on any atom is 0.303 e. The van der Waals surface area contributed by atoms with Gasteiger partial charge in [-0.1, -0.05) is 39.3 Å². The highest BCUT2D eigenvalue weighted by atomic mass is 16.4. The Labute approximate surface area is 153 Å². The molecule has 4 aliphatic carbocycles. The van der Waals surface area contributed by atoms with Crippen molar-refractivity contribution in [3.05, 3.63) is 12.2 Å². The molecule has 8 atom stereocenters. The van der Waals surface area contributed by atoms with Crippen molar-refractivity contribution in [3.8, 4) is 0 Å². The highest BCUT2D eigenvalue weighted by Gasteiger charge is 2.59. The van der Waals surface area contributed by atoms with Gasteiger partial charge in [0.15, 0.2) is 0 Å². The number of allylic oxidation sites excluding steroid dienone is 2. The van der Waals surface area contributed by atoms with E-state index in [0.717, 1.165) is 30.1 Å². The molecule has 25 heavy (non-hydrogen) atoms. The van der Waals surface area contributed by atoms with Crippen LogP contribution in [0.4, 0.5) is 0 Å². The summed E-state index contributed by atoms with van der Waals surface area (Å²) in [5.41, 5.74) is 0.924. The van der Waals surface area contributed by atoms with E-state index < -0.39 is 5.97 Å². The molecule has 0 aromatic rings. The van der Waals surface area contributed by atoms with E-state index in [1.165, 1.54) is 44.9 Å². The first-order valence-corrected chi connectivity index (χ1v) is 10.8. The summed E-state index contributed by atoms with van der Waals surface area (Å²) < 4.78 is 0. The Morgan fingerprint density at radius 1 is 1.12 bits per heavy atom. The molecule has 3 saturated carbocycles. The van der Waals surface area contributed by atoms with Crippen molar-refractivity contribution >= 4 is 5.97 Å². The molecule has 3 fully saturated rings. The number of carbonyl (C=O) groups is 1. The van der Waals surface area contributed by atoms with Crippen molar-refractivity contribution in [2.24, 2.45) is 46.3 Å². The zero-order valence-electron chi connectivity index (χ0n) is 16.3. The number of hydrogen-bond donors (Lipinski definition) is 1. The van der Waals surface area contributed by atoms with Gasteiger partial charge in [-0.2, -0.15) is 0 Å². The van der Waals surface area contributed by atoms with Crippen LogP contribution in [0.5, 0.6) is 0 Å². The molecule has 0 bridgehead atoms. The molecule has 0 amide bonds. The molecule has 140 valence electrons. The molecular formula is C23H36O2. The van der Waals surface area contributed by atoms with E-state index in [2.05, 4.69) is 32.9 Å². The quantitative estimate of drug-likeness (QED) is 0.645. The summed E-state index contributed by atoms with van der Waals surface area (Å²) in [4.78, 5) is 11.1. The van der Waals surface area contributed by atoms with Gasteiger partial charge >= 0.3 is 5.97 Å². The second-order valence-electron chi connectivity index (χ2n) is 10.2. The van der Waals surface area contributed by atoms with Crippen molar-refractivity contribution in [1.82, 2.24) is 0 Å². The van der Waals surface area contributed by atoms with Gasteiger partial charge in [0.1, 0.15) is 0 Å². The van der Waals surface area contributed by atoms with Crippen LogP contribution in [0.3, 0.4) is 0 Å². The average molecular weight is 345 g/mol. The summed E-state index contributed by atoms with van der Waals surface area (Å²) in [6, 6.07) is 0. The summed E-state index contributed by atoms with van der Waals surface area (Å²) in [7, 11) is 0. The summed E-state index contributed by atoms with van der Waals surface area (Å²) in [6.07, 6.45) is 16.0. The van der Waals surface area contributed by atoms with Crippen molar-refractivity contribution in [2.45, 2.75) is 78.6 Å². The maximum absolute atomic E-state index is 11.1. The average Bonchev–Trinajstić information content (AvgIpc) is 2.91. The molecule has 0 spiro atoms. The monoisotopic (exact) mass is 344 g/mol. The minimum Gasteiger partial charge on any atom is -0.481 e. The van der Waals surface area contributed by atoms with Gasteiger partial charge in [0.05, 0.1) is 6.42 Å². The van der Waals surface area contributed by atoms with Gasteiger partial charge in [-0.15, -0.1) is 0 Å². The zero-order chi connectivity index (χ0) is 17.8. The Hall–Kier alpha value is -0.790. The third-order valence-corrected chi connectivity index (χ3v) is 9.40. The van der Waals surface area contributed by atoms with E-state index in [1.54, 1.807) is 0 Å². The Kier molecular flexibility index (Phi) is 4.32. The molecular weight excluding hydrogens is 308 g/mol. The fourth-order valence-electron chi connectivity index (χ4n) is 8.04. The molecule has 0 heterocycles. The minimum atomic E-state index is -0.642. The van der Waals surface area contributed by atoms with E-state index in [0.29, 0.717) is 23.2 Å². The van der Waals surface area contributed by atoms with Crippen molar-refractivity contribution in [2.75, 3.05) is 0 Å². The molecule has 1 N–H and O–H groups in total. The van der Waals surface area contributed by atoms with Crippen LogP contribution in [0.25, 0.3) is 0 Å². The zero-order valence-corrected chi connectivity index (χ0v) is 16.3. The third kappa shape index (κ3) is 2.61. The SMILES string of the molecule is CC[C@H]1CC[C@H]2[C@@H]3CCC4CC(CC(=O)O)C=C[C@]4(C)[C@H]3CC[C@]12C. The van der Waals surface area contributed by atoms with Gasteiger partial charge in [0, 0.05) is 0 Å². The van der Waals surface area contributed by atoms with Crippen LogP contribution in [0.15, 0.2) is 12.2 Å². The first kappa shape index (κ1) is 17.6. The number of hydrogen-bond acceptors (Lipinski definition) is 1. The van der Waals surface area contributed by atoms with Gasteiger partial charge in [0.25, 0.3) is 0 Å². The molecule has 2 nitrogen and oxygen atoms in total. The number of carboxylic acid groups (broad SMARTS) is 1. The molecule has 4 aliphatic rings. The van der Waals surface area contributed by atoms with Gasteiger partial charge in [-0.05, 0) is 91.3 Å². The van der Waals surface area contributed by atoms with Crippen LogP contribution in [-0.2, 0) is 4.79 Å². The molecule has 0 radical (unpaired) electrons. The van der Waals surface area contributed by atoms with Crippen molar-refractivity contribution in [3.63, 3.8) is 0 Å². The standard InChI is InChI=1S/C23H36O2/c1-4-16-6-8-19-18-7-5-17-13-15(14-21(24)25)9-11-23(17,3)20(18)10-12-22(16,19)2/h9,11,15-20H,4-8,10,12-14H2,1-3H3,(H,24,25)/t15?,16-,17?,18-,19-,20-,22+,23-/m0/s1. The van der Waals surface area contributed by atoms with E-state index in [9.17, 15) is 4.79 Å². The maximum atomic E-state index is 11.1. The van der Waals surface area contributed by atoms with Gasteiger partial charge in [0.2, 0.25) is 0 Å². The summed E-state index contributed by atoms with van der Waals surface area (Å²) in [5.74, 6) is 3.97. The molecule has 2 heteroatoms. The second-order valence-corrected chi connectivity index (χ2v) is 10.2. The highest BCUT2D eigenvalue weighted by Crippen LogP contribution is 2.67. The smallest absolute Gasteiger partial charge is 0.303 e. The van der Waals surface area contributed by atoms with Crippen LogP contribution in [-0.4, -0.2) is 11.1 Å². The molecule has 0 aromatic heterocycles. The first-order chi connectivity index (χ1) is 11.9. The summed E-state index contributed by atoms with van der Waals surface area (Å²) in [6.45, 7) is 7.52. The predicted octanol–water partition coefficient (Wildman–Crippen LogP) is 5.92. The van der Waals surface area contributed by atoms with Crippen LogP contribution in [0.1, 0.15) is 78.6 Å². The topological polar surface area (TPSA) is 37.3 Å². The lowest BCUT2D eigenvalue weighted by atomic mass is 9.45. The molecule has 4 rings (SSSR count).